The van der Waals surface area contributed by atoms with Gasteiger partial charge in [0.05, 0.1) is 5.33 Å². The molecule has 2 fully saturated rings. The lowest BCUT2D eigenvalue weighted by Gasteiger charge is -2.46. The van der Waals surface area contributed by atoms with Crippen LogP contribution < -0.4 is 5.32 Å². The average Bonchev–Trinajstić information content (AvgIpc) is 2.43. The fourth-order valence-corrected chi connectivity index (χ4v) is 4.00. The van der Waals surface area contributed by atoms with E-state index < -0.39 is 0 Å². The molecule has 0 aromatic heterocycles. The first-order valence-corrected chi connectivity index (χ1v) is 9.11. The summed E-state index contributed by atoms with van der Waals surface area (Å²) in [7, 11) is 0. The topological polar surface area (TPSA) is 49.4 Å². The third kappa shape index (κ3) is 4.21. The molecule has 1 aliphatic heterocycles. The number of carbonyl (C=O) groups excluding carboxylic acids is 2. The Labute approximate surface area is 136 Å². The molecule has 21 heavy (non-hydrogen) atoms. The Bertz CT molecular complexity index is 406. The van der Waals surface area contributed by atoms with Crippen LogP contribution in [0.4, 0.5) is 0 Å². The number of amides is 2. The van der Waals surface area contributed by atoms with Crippen LogP contribution in [-0.2, 0) is 9.59 Å². The second-order valence-corrected chi connectivity index (χ2v) is 8.04. The lowest BCUT2D eigenvalue weighted by molar-refractivity contribution is -0.144. The molecule has 1 saturated heterocycles. The third-order valence-corrected chi connectivity index (χ3v) is 5.12. The van der Waals surface area contributed by atoms with E-state index in [0.29, 0.717) is 17.2 Å². The smallest absolute Gasteiger partial charge is 0.243 e. The van der Waals surface area contributed by atoms with E-state index in [1.54, 1.807) is 0 Å². The SMILES string of the molecule is CC(C)(C)NC(=O)C1CC2CCCCC2CN1C(=O)CBr. The Balaban J connectivity index is 2.14. The van der Waals surface area contributed by atoms with Crippen LogP contribution in [0.5, 0.6) is 0 Å². The van der Waals surface area contributed by atoms with Gasteiger partial charge in [-0.1, -0.05) is 35.2 Å². The van der Waals surface area contributed by atoms with E-state index in [-0.39, 0.29) is 23.4 Å². The van der Waals surface area contributed by atoms with E-state index in [9.17, 15) is 9.59 Å². The summed E-state index contributed by atoms with van der Waals surface area (Å²) in [5.74, 6) is 1.23. The molecule has 1 N–H and O–H groups in total. The Morgan fingerprint density at radius 1 is 1.19 bits per heavy atom. The molecule has 2 rings (SSSR count). The standard InChI is InChI=1S/C16H27BrN2O2/c1-16(2,3)18-15(21)13-8-11-6-4-5-7-12(11)10-19(13)14(20)9-17/h11-13H,4-10H2,1-3H3,(H,18,21). The number of carbonyl (C=O) groups is 2. The van der Waals surface area contributed by atoms with Crippen LogP contribution in [0, 0.1) is 11.8 Å². The zero-order chi connectivity index (χ0) is 15.6. The predicted octanol–water partition coefficient (Wildman–Crippen LogP) is 2.70. The minimum atomic E-state index is -0.298. The second-order valence-electron chi connectivity index (χ2n) is 7.48. The minimum Gasteiger partial charge on any atom is -0.350 e. The highest BCUT2D eigenvalue weighted by atomic mass is 79.9. The van der Waals surface area contributed by atoms with Crippen molar-refractivity contribution < 1.29 is 9.59 Å². The molecule has 2 aliphatic rings. The maximum absolute atomic E-state index is 12.6. The summed E-state index contributed by atoms with van der Waals surface area (Å²) in [6, 6.07) is -0.298. The molecule has 0 aromatic carbocycles. The minimum absolute atomic E-state index is 0.000762. The van der Waals surface area contributed by atoms with Crippen LogP contribution >= 0.6 is 15.9 Å². The second kappa shape index (κ2) is 6.67. The number of nitrogens with one attached hydrogen (secondary N) is 1. The van der Waals surface area contributed by atoms with Crippen molar-refractivity contribution in [2.24, 2.45) is 11.8 Å². The van der Waals surface area contributed by atoms with Crippen LogP contribution in [0.3, 0.4) is 0 Å². The Kier molecular flexibility index (Phi) is 5.33. The molecule has 3 unspecified atom stereocenters. The van der Waals surface area contributed by atoms with Gasteiger partial charge in [-0.2, -0.15) is 0 Å². The molecule has 1 aliphatic carbocycles. The summed E-state index contributed by atoms with van der Waals surface area (Å²) < 4.78 is 0. The van der Waals surface area contributed by atoms with Crippen LogP contribution in [0.25, 0.3) is 0 Å². The monoisotopic (exact) mass is 358 g/mol. The molecule has 0 aromatic rings. The number of fused-ring (bicyclic) bond motifs is 1. The molecule has 0 bridgehead atoms. The van der Waals surface area contributed by atoms with Gasteiger partial charge < -0.3 is 10.2 Å². The van der Waals surface area contributed by atoms with Crippen molar-refractivity contribution in [1.82, 2.24) is 10.2 Å². The number of piperidine rings is 1. The van der Waals surface area contributed by atoms with E-state index in [1.807, 2.05) is 25.7 Å². The molecule has 2 amide bonds. The van der Waals surface area contributed by atoms with Crippen molar-refractivity contribution in [1.29, 1.82) is 0 Å². The van der Waals surface area contributed by atoms with E-state index in [2.05, 4.69) is 21.2 Å². The lowest BCUT2D eigenvalue weighted by atomic mass is 9.72. The summed E-state index contributed by atoms with van der Waals surface area (Å²) in [5.41, 5.74) is -0.260. The van der Waals surface area contributed by atoms with Gasteiger partial charge in [-0.05, 0) is 45.4 Å². The first kappa shape index (κ1) is 16.8. The van der Waals surface area contributed by atoms with Crippen molar-refractivity contribution in [3.8, 4) is 0 Å². The quantitative estimate of drug-likeness (QED) is 0.771. The number of nitrogens with zero attached hydrogens (tertiary/aromatic N) is 1. The van der Waals surface area contributed by atoms with E-state index >= 15 is 0 Å². The fraction of sp³-hybridized carbons (Fsp3) is 0.875. The van der Waals surface area contributed by atoms with Gasteiger partial charge in [-0.3, -0.25) is 9.59 Å². The molecular weight excluding hydrogens is 332 g/mol. The lowest BCUT2D eigenvalue weighted by Crippen LogP contribution is -2.59. The van der Waals surface area contributed by atoms with Crippen LogP contribution in [0.1, 0.15) is 52.9 Å². The normalized spacial score (nSPS) is 29.7. The number of alkyl halides is 1. The molecule has 3 atom stereocenters. The Morgan fingerprint density at radius 2 is 1.81 bits per heavy atom. The molecule has 4 nitrogen and oxygen atoms in total. The molecule has 0 radical (unpaired) electrons. The van der Waals surface area contributed by atoms with Crippen molar-refractivity contribution in [2.45, 2.75) is 64.5 Å². The Morgan fingerprint density at radius 3 is 2.38 bits per heavy atom. The first-order chi connectivity index (χ1) is 9.81. The molecule has 5 heteroatoms. The number of hydrogen-bond donors (Lipinski definition) is 1. The summed E-state index contributed by atoms with van der Waals surface area (Å²) in [6.45, 7) is 6.69. The number of likely N-dealkylation sites (tertiary alicyclic amines) is 1. The summed E-state index contributed by atoms with van der Waals surface area (Å²) >= 11 is 3.25. The summed E-state index contributed by atoms with van der Waals surface area (Å²) in [6.07, 6.45) is 5.76. The zero-order valence-corrected chi connectivity index (χ0v) is 14.9. The van der Waals surface area contributed by atoms with Gasteiger partial charge >= 0.3 is 0 Å². The maximum Gasteiger partial charge on any atom is 0.243 e. The zero-order valence-electron chi connectivity index (χ0n) is 13.3. The van der Waals surface area contributed by atoms with Gasteiger partial charge in [0, 0.05) is 12.1 Å². The van der Waals surface area contributed by atoms with Crippen molar-refractivity contribution >= 4 is 27.7 Å². The highest BCUT2D eigenvalue weighted by Crippen LogP contribution is 2.38. The number of rotatable bonds is 2. The Hall–Kier alpha value is -0.580. The van der Waals surface area contributed by atoms with Crippen LogP contribution in [-0.4, -0.2) is 40.2 Å². The molecule has 0 spiro atoms. The summed E-state index contributed by atoms with van der Waals surface area (Å²) in [4.78, 5) is 26.6. The van der Waals surface area contributed by atoms with Gasteiger partial charge in [-0.15, -0.1) is 0 Å². The molecule has 1 heterocycles. The van der Waals surface area contributed by atoms with E-state index in [1.165, 1.54) is 25.7 Å². The van der Waals surface area contributed by atoms with E-state index in [0.717, 1.165) is 13.0 Å². The number of halogens is 1. The van der Waals surface area contributed by atoms with Crippen molar-refractivity contribution in [2.75, 3.05) is 11.9 Å². The van der Waals surface area contributed by atoms with Gasteiger partial charge in [0.2, 0.25) is 11.8 Å². The predicted molar refractivity (Wildman–Crippen MR) is 87.3 cm³/mol. The van der Waals surface area contributed by atoms with Gasteiger partial charge in [0.25, 0.3) is 0 Å². The van der Waals surface area contributed by atoms with E-state index in [4.69, 9.17) is 0 Å². The number of hydrogen-bond acceptors (Lipinski definition) is 2. The summed E-state index contributed by atoms with van der Waals surface area (Å²) in [5, 5.41) is 3.34. The van der Waals surface area contributed by atoms with Gasteiger partial charge in [0.15, 0.2) is 0 Å². The third-order valence-electron chi connectivity index (χ3n) is 4.64. The highest BCUT2D eigenvalue weighted by molar-refractivity contribution is 9.09. The molecule has 1 saturated carbocycles. The average molecular weight is 359 g/mol. The molecular formula is C16H27BrN2O2. The van der Waals surface area contributed by atoms with Gasteiger partial charge in [0.1, 0.15) is 6.04 Å². The molecule has 120 valence electrons. The highest BCUT2D eigenvalue weighted by Gasteiger charge is 2.42. The fourth-order valence-electron chi connectivity index (χ4n) is 3.68. The van der Waals surface area contributed by atoms with Crippen LogP contribution in [0.15, 0.2) is 0 Å². The maximum atomic E-state index is 12.6. The van der Waals surface area contributed by atoms with Gasteiger partial charge in [-0.25, -0.2) is 0 Å². The van der Waals surface area contributed by atoms with Crippen molar-refractivity contribution in [3.63, 3.8) is 0 Å². The largest absolute Gasteiger partial charge is 0.350 e. The first-order valence-electron chi connectivity index (χ1n) is 7.99. The van der Waals surface area contributed by atoms with Crippen LogP contribution in [0.2, 0.25) is 0 Å². The van der Waals surface area contributed by atoms with Crippen molar-refractivity contribution in [3.05, 3.63) is 0 Å².